The lowest BCUT2D eigenvalue weighted by atomic mass is 10.0. The Kier molecular flexibility index (Phi) is 6.26. The summed E-state index contributed by atoms with van der Waals surface area (Å²) in [5.41, 5.74) is 2.13. The number of rotatable bonds is 7. The Morgan fingerprint density at radius 2 is 1.65 bits per heavy atom. The molecule has 0 saturated heterocycles. The number of nitrogens with one attached hydrogen (secondary N) is 1. The summed E-state index contributed by atoms with van der Waals surface area (Å²) in [6, 6.07) is 14.0. The van der Waals surface area contributed by atoms with Crippen molar-refractivity contribution in [2.24, 2.45) is 0 Å². The molecule has 0 saturated carbocycles. The molecule has 0 aliphatic rings. The van der Waals surface area contributed by atoms with Crippen molar-refractivity contribution >= 4 is 27.3 Å². The number of sulfonamides is 1. The van der Waals surface area contributed by atoms with Crippen molar-refractivity contribution in [1.82, 2.24) is 0 Å². The fourth-order valence-electron chi connectivity index (χ4n) is 2.43. The molecule has 0 aliphatic heterocycles. The van der Waals surface area contributed by atoms with Gasteiger partial charge in [0, 0.05) is 5.69 Å². The Labute approximate surface area is 154 Å². The molecule has 0 atom stereocenters. The van der Waals surface area contributed by atoms with Crippen molar-refractivity contribution in [2.75, 3.05) is 29.5 Å². The van der Waals surface area contributed by atoms with Gasteiger partial charge in [0.15, 0.2) is 0 Å². The fourth-order valence-corrected chi connectivity index (χ4v) is 3.29. The van der Waals surface area contributed by atoms with Crippen molar-refractivity contribution in [3.63, 3.8) is 0 Å². The number of amides is 1. The van der Waals surface area contributed by atoms with E-state index in [0.29, 0.717) is 23.0 Å². The first-order valence-electron chi connectivity index (χ1n) is 8.22. The highest BCUT2D eigenvalue weighted by molar-refractivity contribution is 7.92. The molecule has 1 N–H and O–H groups in total. The van der Waals surface area contributed by atoms with E-state index in [4.69, 9.17) is 4.74 Å². The number of methoxy groups -OCH3 is 1. The zero-order valence-corrected chi connectivity index (χ0v) is 16.2. The molecule has 6 nitrogen and oxygen atoms in total. The molecule has 26 heavy (non-hydrogen) atoms. The fraction of sp³-hybridized carbons (Fsp3) is 0.316. The van der Waals surface area contributed by atoms with E-state index in [2.05, 4.69) is 19.2 Å². The molecule has 0 bridgehead atoms. The van der Waals surface area contributed by atoms with Gasteiger partial charge >= 0.3 is 0 Å². The molecule has 7 heteroatoms. The highest BCUT2D eigenvalue weighted by atomic mass is 32.2. The minimum absolute atomic E-state index is 0.300. The van der Waals surface area contributed by atoms with Gasteiger partial charge in [0.2, 0.25) is 15.9 Å². The number of hydrogen-bond donors (Lipinski definition) is 1. The van der Waals surface area contributed by atoms with E-state index in [-0.39, 0.29) is 6.54 Å². The molecule has 0 spiro atoms. The maximum Gasteiger partial charge on any atom is 0.245 e. The summed E-state index contributed by atoms with van der Waals surface area (Å²) in [6.45, 7) is 3.82. The first-order chi connectivity index (χ1) is 12.2. The Balaban J connectivity index is 2.15. The number of ether oxygens (including phenoxy) is 1. The van der Waals surface area contributed by atoms with Crippen LogP contribution in [0.2, 0.25) is 0 Å². The SMILES string of the molecule is COc1ccc(NC(=O)CN(c2ccc(C(C)C)cc2)S(C)(=O)=O)cc1. The normalized spacial score (nSPS) is 11.3. The standard InChI is InChI=1S/C19H24N2O4S/c1-14(2)15-5-9-17(10-6-15)21(26(4,23)24)13-19(22)20-16-7-11-18(25-3)12-8-16/h5-12,14H,13H2,1-4H3,(H,20,22). The predicted octanol–water partition coefficient (Wildman–Crippen LogP) is 3.22. The van der Waals surface area contributed by atoms with E-state index >= 15 is 0 Å². The van der Waals surface area contributed by atoms with Gasteiger partial charge in [-0.15, -0.1) is 0 Å². The van der Waals surface area contributed by atoms with Gasteiger partial charge in [-0.2, -0.15) is 0 Å². The second kappa shape index (κ2) is 8.23. The van der Waals surface area contributed by atoms with Crippen LogP contribution < -0.4 is 14.4 Å². The number of carbonyl (C=O) groups excluding carboxylic acids is 1. The summed E-state index contributed by atoms with van der Waals surface area (Å²) < 4.78 is 30.5. The largest absolute Gasteiger partial charge is 0.497 e. The Morgan fingerprint density at radius 1 is 1.08 bits per heavy atom. The van der Waals surface area contributed by atoms with E-state index < -0.39 is 15.9 Å². The van der Waals surface area contributed by atoms with Gasteiger partial charge in [-0.05, 0) is 47.9 Å². The van der Waals surface area contributed by atoms with Crippen LogP contribution in [0.5, 0.6) is 5.75 Å². The molecule has 0 aromatic heterocycles. The minimum Gasteiger partial charge on any atom is -0.497 e. The first-order valence-corrected chi connectivity index (χ1v) is 10.1. The third-order valence-electron chi connectivity index (χ3n) is 3.91. The van der Waals surface area contributed by atoms with E-state index in [9.17, 15) is 13.2 Å². The average molecular weight is 376 g/mol. The highest BCUT2D eigenvalue weighted by Gasteiger charge is 2.21. The van der Waals surface area contributed by atoms with Gasteiger partial charge in [0.05, 0.1) is 19.1 Å². The average Bonchev–Trinajstić information content (AvgIpc) is 2.59. The summed E-state index contributed by atoms with van der Waals surface area (Å²) in [4.78, 5) is 12.3. The lowest BCUT2D eigenvalue weighted by molar-refractivity contribution is -0.114. The molecule has 1 amide bonds. The third-order valence-corrected chi connectivity index (χ3v) is 5.05. The van der Waals surface area contributed by atoms with E-state index in [1.165, 1.54) is 0 Å². The first kappa shape index (κ1) is 19.8. The van der Waals surface area contributed by atoms with Crippen molar-refractivity contribution in [3.8, 4) is 5.75 Å². The molecular formula is C19H24N2O4S. The molecule has 2 aromatic carbocycles. The van der Waals surface area contributed by atoms with Gasteiger partial charge < -0.3 is 10.1 Å². The van der Waals surface area contributed by atoms with Crippen molar-refractivity contribution in [1.29, 1.82) is 0 Å². The Morgan fingerprint density at radius 3 is 2.12 bits per heavy atom. The maximum atomic E-state index is 12.3. The van der Waals surface area contributed by atoms with Crippen LogP contribution in [0.25, 0.3) is 0 Å². The monoisotopic (exact) mass is 376 g/mol. The number of hydrogen-bond acceptors (Lipinski definition) is 4. The lowest BCUT2D eigenvalue weighted by Gasteiger charge is -2.22. The summed E-state index contributed by atoms with van der Waals surface area (Å²) >= 11 is 0. The zero-order valence-electron chi connectivity index (χ0n) is 15.4. The zero-order chi connectivity index (χ0) is 19.3. The number of nitrogens with zero attached hydrogens (tertiary/aromatic N) is 1. The Bertz CT molecular complexity index is 844. The van der Waals surface area contributed by atoms with Crippen molar-refractivity contribution in [2.45, 2.75) is 19.8 Å². The van der Waals surface area contributed by atoms with E-state index in [1.807, 2.05) is 12.1 Å². The number of carbonyl (C=O) groups is 1. The molecule has 140 valence electrons. The molecular weight excluding hydrogens is 352 g/mol. The van der Waals surface area contributed by atoms with Crippen molar-refractivity contribution < 1.29 is 17.9 Å². The van der Waals surface area contributed by atoms with Crippen LogP contribution in [-0.4, -0.2) is 34.2 Å². The maximum absolute atomic E-state index is 12.3. The second-order valence-corrected chi connectivity index (χ2v) is 8.20. The molecule has 0 radical (unpaired) electrons. The molecule has 0 fully saturated rings. The molecule has 2 rings (SSSR count). The van der Waals surface area contributed by atoms with Crippen LogP contribution >= 0.6 is 0 Å². The van der Waals surface area contributed by atoms with Crippen LogP contribution in [0.15, 0.2) is 48.5 Å². The number of anilines is 2. The second-order valence-electron chi connectivity index (χ2n) is 6.29. The van der Waals surface area contributed by atoms with Crippen LogP contribution in [0.4, 0.5) is 11.4 Å². The van der Waals surface area contributed by atoms with Gasteiger partial charge in [0.1, 0.15) is 12.3 Å². The molecule has 0 unspecified atom stereocenters. The van der Waals surface area contributed by atoms with E-state index in [1.54, 1.807) is 43.5 Å². The third kappa shape index (κ3) is 5.23. The topological polar surface area (TPSA) is 75.7 Å². The summed E-state index contributed by atoms with van der Waals surface area (Å²) in [7, 11) is -2.04. The quantitative estimate of drug-likeness (QED) is 0.805. The minimum atomic E-state index is -3.60. The van der Waals surface area contributed by atoms with Crippen LogP contribution in [0.3, 0.4) is 0 Å². The van der Waals surface area contributed by atoms with Gasteiger partial charge in [-0.1, -0.05) is 26.0 Å². The van der Waals surface area contributed by atoms with Crippen LogP contribution in [0.1, 0.15) is 25.3 Å². The highest BCUT2D eigenvalue weighted by Crippen LogP contribution is 2.22. The number of benzene rings is 2. The van der Waals surface area contributed by atoms with E-state index in [0.717, 1.165) is 16.1 Å². The smallest absolute Gasteiger partial charge is 0.245 e. The summed E-state index contributed by atoms with van der Waals surface area (Å²) in [5, 5.41) is 2.69. The molecule has 0 aliphatic carbocycles. The molecule has 0 heterocycles. The van der Waals surface area contributed by atoms with Gasteiger partial charge in [-0.25, -0.2) is 8.42 Å². The molecule has 2 aromatic rings. The predicted molar refractivity (Wildman–Crippen MR) is 104 cm³/mol. The Hall–Kier alpha value is -2.54. The van der Waals surface area contributed by atoms with Crippen LogP contribution in [-0.2, 0) is 14.8 Å². The summed E-state index contributed by atoms with van der Waals surface area (Å²) in [6.07, 6.45) is 1.09. The lowest BCUT2D eigenvalue weighted by Crippen LogP contribution is -2.37. The van der Waals surface area contributed by atoms with Crippen molar-refractivity contribution in [3.05, 3.63) is 54.1 Å². The van der Waals surface area contributed by atoms with Gasteiger partial charge in [0.25, 0.3) is 0 Å². The van der Waals surface area contributed by atoms with Gasteiger partial charge in [-0.3, -0.25) is 9.10 Å². The van der Waals surface area contributed by atoms with Crippen LogP contribution in [0, 0.1) is 0 Å². The summed E-state index contributed by atoms with van der Waals surface area (Å²) in [5.74, 6) is 0.591.